The van der Waals surface area contributed by atoms with E-state index in [2.05, 4.69) is 4.84 Å². The summed E-state index contributed by atoms with van der Waals surface area (Å²) in [6.45, 7) is 0.0827. The van der Waals surface area contributed by atoms with E-state index >= 15 is 0 Å². The van der Waals surface area contributed by atoms with Crippen molar-refractivity contribution >= 4 is 5.97 Å². The molecule has 1 aliphatic carbocycles. The molecule has 5 heteroatoms. The summed E-state index contributed by atoms with van der Waals surface area (Å²) in [5.74, 6) is 3.76. The molecule has 0 atom stereocenters. The molecule has 76 valence electrons. The SMILES string of the molecule is NOCC1(O)CCC(C(=O)O)CC1. The van der Waals surface area contributed by atoms with Gasteiger partial charge < -0.3 is 15.1 Å². The van der Waals surface area contributed by atoms with Crippen LogP contribution in [0.2, 0.25) is 0 Å². The number of hydrogen-bond acceptors (Lipinski definition) is 4. The van der Waals surface area contributed by atoms with Crippen LogP contribution >= 0.6 is 0 Å². The highest BCUT2D eigenvalue weighted by molar-refractivity contribution is 5.70. The first-order valence-corrected chi connectivity index (χ1v) is 4.34. The van der Waals surface area contributed by atoms with Gasteiger partial charge in [0.05, 0.1) is 18.1 Å². The van der Waals surface area contributed by atoms with Crippen molar-refractivity contribution < 1.29 is 19.8 Å². The van der Waals surface area contributed by atoms with Gasteiger partial charge in [-0.25, -0.2) is 5.90 Å². The second-order valence-electron chi connectivity index (χ2n) is 3.65. The van der Waals surface area contributed by atoms with Gasteiger partial charge >= 0.3 is 5.97 Å². The van der Waals surface area contributed by atoms with Gasteiger partial charge in [-0.1, -0.05) is 0 Å². The minimum Gasteiger partial charge on any atom is -0.481 e. The van der Waals surface area contributed by atoms with E-state index in [1.165, 1.54) is 0 Å². The Morgan fingerprint density at radius 1 is 1.54 bits per heavy atom. The normalized spacial score (nSPS) is 34.5. The fourth-order valence-electron chi connectivity index (χ4n) is 1.70. The monoisotopic (exact) mass is 189 g/mol. The van der Waals surface area contributed by atoms with Gasteiger partial charge in [-0.2, -0.15) is 0 Å². The van der Waals surface area contributed by atoms with Gasteiger partial charge in [0.15, 0.2) is 0 Å². The van der Waals surface area contributed by atoms with E-state index in [0.717, 1.165) is 0 Å². The first-order valence-electron chi connectivity index (χ1n) is 4.34. The number of aliphatic hydroxyl groups is 1. The molecular formula is C8H15NO4. The third kappa shape index (κ3) is 2.65. The van der Waals surface area contributed by atoms with Crippen molar-refractivity contribution in [1.82, 2.24) is 0 Å². The minimum absolute atomic E-state index is 0.0827. The van der Waals surface area contributed by atoms with Crippen LogP contribution in [0.15, 0.2) is 0 Å². The fraction of sp³-hybridized carbons (Fsp3) is 0.875. The van der Waals surface area contributed by atoms with E-state index in [0.29, 0.717) is 25.7 Å². The van der Waals surface area contributed by atoms with Gasteiger partial charge in [0.25, 0.3) is 0 Å². The molecule has 0 unspecified atom stereocenters. The van der Waals surface area contributed by atoms with Gasteiger partial charge in [0.1, 0.15) is 0 Å². The molecule has 0 aromatic carbocycles. The van der Waals surface area contributed by atoms with Crippen molar-refractivity contribution in [3.8, 4) is 0 Å². The number of aliphatic carboxylic acids is 1. The highest BCUT2D eigenvalue weighted by atomic mass is 16.6. The van der Waals surface area contributed by atoms with Crippen molar-refractivity contribution in [3.05, 3.63) is 0 Å². The maximum Gasteiger partial charge on any atom is 0.306 e. The molecule has 1 rings (SSSR count). The molecule has 4 N–H and O–H groups in total. The van der Waals surface area contributed by atoms with Crippen LogP contribution in [0.3, 0.4) is 0 Å². The summed E-state index contributed by atoms with van der Waals surface area (Å²) in [4.78, 5) is 15.0. The third-order valence-corrected chi connectivity index (χ3v) is 2.62. The van der Waals surface area contributed by atoms with Crippen molar-refractivity contribution in [2.24, 2.45) is 11.8 Å². The van der Waals surface area contributed by atoms with Gasteiger partial charge in [0.2, 0.25) is 0 Å². The topological polar surface area (TPSA) is 92.8 Å². The van der Waals surface area contributed by atoms with E-state index in [9.17, 15) is 9.90 Å². The summed E-state index contributed by atoms with van der Waals surface area (Å²) >= 11 is 0. The summed E-state index contributed by atoms with van der Waals surface area (Å²) in [5, 5.41) is 18.5. The quantitative estimate of drug-likeness (QED) is 0.538. The summed E-state index contributed by atoms with van der Waals surface area (Å²) < 4.78 is 0. The number of carbonyl (C=O) groups is 1. The molecule has 0 aromatic rings. The van der Waals surface area contributed by atoms with Gasteiger partial charge in [-0.05, 0) is 25.7 Å². The maximum atomic E-state index is 10.6. The van der Waals surface area contributed by atoms with E-state index in [4.69, 9.17) is 11.0 Å². The standard InChI is InChI=1S/C8H15NO4/c9-13-5-8(12)3-1-6(2-4-8)7(10)11/h6,12H,1-5,9H2,(H,10,11). The van der Waals surface area contributed by atoms with Crippen LogP contribution in [0.25, 0.3) is 0 Å². The van der Waals surface area contributed by atoms with Gasteiger partial charge in [-0.15, -0.1) is 0 Å². The Balaban J connectivity index is 2.41. The molecule has 1 aliphatic rings. The summed E-state index contributed by atoms with van der Waals surface area (Å²) in [5.41, 5.74) is -0.916. The average Bonchev–Trinajstić information content (AvgIpc) is 2.05. The Kier molecular flexibility index (Phi) is 3.24. The lowest BCUT2D eigenvalue weighted by atomic mass is 9.79. The van der Waals surface area contributed by atoms with Crippen LogP contribution < -0.4 is 5.90 Å². The van der Waals surface area contributed by atoms with Gasteiger partial charge in [0, 0.05) is 0 Å². The molecule has 13 heavy (non-hydrogen) atoms. The lowest BCUT2D eigenvalue weighted by molar-refractivity contribution is -0.146. The third-order valence-electron chi connectivity index (χ3n) is 2.62. The van der Waals surface area contributed by atoms with Crippen molar-refractivity contribution in [3.63, 3.8) is 0 Å². The number of nitrogens with two attached hydrogens (primary N) is 1. The Labute approximate surface area is 76.4 Å². The lowest BCUT2D eigenvalue weighted by Gasteiger charge is -2.33. The molecule has 1 saturated carbocycles. The minimum atomic E-state index is -0.916. The molecule has 0 spiro atoms. The molecule has 0 amide bonds. The zero-order chi connectivity index (χ0) is 9.90. The van der Waals surface area contributed by atoms with Crippen molar-refractivity contribution in [2.75, 3.05) is 6.61 Å². The molecule has 0 heterocycles. The Hall–Kier alpha value is -0.650. The van der Waals surface area contributed by atoms with E-state index < -0.39 is 11.6 Å². The molecule has 0 aromatic heterocycles. The number of carboxylic acid groups (broad SMARTS) is 1. The molecule has 1 fully saturated rings. The molecular weight excluding hydrogens is 174 g/mol. The van der Waals surface area contributed by atoms with Crippen LogP contribution in [0.5, 0.6) is 0 Å². The maximum absolute atomic E-state index is 10.6. The predicted octanol–water partition coefficient (Wildman–Crippen LogP) is -0.117. The van der Waals surface area contributed by atoms with E-state index in [-0.39, 0.29) is 12.5 Å². The molecule has 0 bridgehead atoms. The molecule has 0 aliphatic heterocycles. The first kappa shape index (κ1) is 10.4. The van der Waals surface area contributed by atoms with Crippen molar-refractivity contribution in [2.45, 2.75) is 31.3 Å². The second-order valence-corrected chi connectivity index (χ2v) is 3.65. The molecule has 5 nitrogen and oxygen atoms in total. The predicted molar refractivity (Wildman–Crippen MR) is 44.7 cm³/mol. The Morgan fingerprint density at radius 2 is 2.08 bits per heavy atom. The van der Waals surface area contributed by atoms with Crippen LogP contribution in [-0.2, 0) is 9.63 Å². The van der Waals surface area contributed by atoms with Crippen molar-refractivity contribution in [1.29, 1.82) is 0 Å². The number of carboxylic acids is 1. The highest BCUT2D eigenvalue weighted by Crippen LogP contribution is 2.32. The lowest BCUT2D eigenvalue weighted by Crippen LogP contribution is -2.40. The zero-order valence-electron chi connectivity index (χ0n) is 7.40. The number of hydrogen-bond donors (Lipinski definition) is 3. The summed E-state index contributed by atoms with van der Waals surface area (Å²) in [6, 6.07) is 0. The van der Waals surface area contributed by atoms with Crippen LogP contribution in [0.1, 0.15) is 25.7 Å². The van der Waals surface area contributed by atoms with E-state index in [1.54, 1.807) is 0 Å². The van der Waals surface area contributed by atoms with Crippen LogP contribution in [0, 0.1) is 5.92 Å². The Bertz CT molecular complexity index is 187. The molecule has 0 radical (unpaired) electrons. The smallest absolute Gasteiger partial charge is 0.306 e. The van der Waals surface area contributed by atoms with E-state index in [1.807, 2.05) is 0 Å². The zero-order valence-corrected chi connectivity index (χ0v) is 7.40. The summed E-state index contributed by atoms with van der Waals surface area (Å²) in [6.07, 6.45) is 1.88. The first-order chi connectivity index (χ1) is 6.07. The largest absolute Gasteiger partial charge is 0.481 e. The Morgan fingerprint density at radius 3 is 2.46 bits per heavy atom. The average molecular weight is 189 g/mol. The molecule has 0 saturated heterocycles. The summed E-state index contributed by atoms with van der Waals surface area (Å²) in [7, 11) is 0. The second kappa shape index (κ2) is 4.04. The van der Waals surface area contributed by atoms with Gasteiger partial charge in [-0.3, -0.25) is 4.79 Å². The van der Waals surface area contributed by atoms with Crippen LogP contribution in [0.4, 0.5) is 0 Å². The van der Waals surface area contributed by atoms with Crippen LogP contribution in [-0.4, -0.2) is 28.4 Å². The number of rotatable bonds is 3. The fourth-order valence-corrected chi connectivity index (χ4v) is 1.70. The highest BCUT2D eigenvalue weighted by Gasteiger charge is 2.35.